The third-order valence-corrected chi connectivity index (χ3v) is 8.21. The molecule has 1 amide bonds. The van der Waals surface area contributed by atoms with Crippen molar-refractivity contribution in [2.75, 3.05) is 16.5 Å². The minimum atomic E-state index is -0.649. The number of carbonyl (C=O) groups excluding carboxylic acids is 1. The molecular weight excluding hydrogens is 442 g/mol. The van der Waals surface area contributed by atoms with Gasteiger partial charge in [-0.2, -0.15) is 10.1 Å². The number of benzene rings is 3. The zero-order valence-electron chi connectivity index (χ0n) is 19.3. The minimum absolute atomic E-state index is 0.0807. The van der Waals surface area contributed by atoms with Crippen LogP contribution < -0.4 is 9.91 Å². The normalized spacial score (nSPS) is 25.8. The molecule has 172 valence electrons. The van der Waals surface area contributed by atoms with Crippen LogP contribution in [0, 0.1) is 11.3 Å². The SMILES string of the molecule is CC1=NN(c2ccc(Cl)cc2)C(=O)[C@]12Cc1ccccc1N1CC[C@H](Cc3ccccc3)C[C@H]12. The highest BCUT2D eigenvalue weighted by Crippen LogP contribution is 2.50. The van der Waals surface area contributed by atoms with E-state index in [1.54, 1.807) is 5.01 Å². The Kier molecular flexibility index (Phi) is 5.22. The maximum atomic E-state index is 14.3. The van der Waals surface area contributed by atoms with Gasteiger partial charge in [0.2, 0.25) is 0 Å². The number of rotatable bonds is 3. The molecule has 3 aliphatic rings. The lowest BCUT2D eigenvalue weighted by Gasteiger charge is -2.52. The second kappa shape index (κ2) is 8.28. The predicted molar refractivity (Wildman–Crippen MR) is 139 cm³/mol. The minimum Gasteiger partial charge on any atom is -0.367 e. The molecule has 1 fully saturated rings. The predicted octanol–water partition coefficient (Wildman–Crippen LogP) is 6.13. The van der Waals surface area contributed by atoms with E-state index in [1.807, 2.05) is 31.2 Å². The number of halogens is 1. The van der Waals surface area contributed by atoms with Gasteiger partial charge in [0.05, 0.1) is 11.4 Å². The molecule has 0 radical (unpaired) electrons. The lowest BCUT2D eigenvalue weighted by Crippen LogP contribution is -2.62. The summed E-state index contributed by atoms with van der Waals surface area (Å²) in [7, 11) is 0. The van der Waals surface area contributed by atoms with Gasteiger partial charge in [-0.3, -0.25) is 4.79 Å². The highest BCUT2D eigenvalue weighted by Gasteiger charge is 2.59. The van der Waals surface area contributed by atoms with E-state index < -0.39 is 5.41 Å². The van der Waals surface area contributed by atoms with Crippen molar-refractivity contribution in [2.24, 2.45) is 16.4 Å². The highest BCUT2D eigenvalue weighted by atomic mass is 35.5. The van der Waals surface area contributed by atoms with E-state index in [9.17, 15) is 4.79 Å². The molecule has 0 aliphatic carbocycles. The fourth-order valence-corrected chi connectivity index (χ4v) is 6.38. The molecule has 0 unspecified atom stereocenters. The van der Waals surface area contributed by atoms with Gasteiger partial charge in [0.15, 0.2) is 0 Å². The summed E-state index contributed by atoms with van der Waals surface area (Å²) in [4.78, 5) is 16.8. The molecule has 3 atom stereocenters. The van der Waals surface area contributed by atoms with Crippen LogP contribution in [0.1, 0.15) is 30.9 Å². The van der Waals surface area contributed by atoms with Crippen molar-refractivity contribution in [3.63, 3.8) is 0 Å². The van der Waals surface area contributed by atoms with Crippen molar-refractivity contribution in [3.8, 4) is 0 Å². The molecule has 1 spiro atoms. The van der Waals surface area contributed by atoms with Crippen LogP contribution in [-0.4, -0.2) is 24.2 Å². The number of nitrogens with zero attached hydrogens (tertiary/aromatic N) is 3. The van der Waals surface area contributed by atoms with Crippen LogP contribution in [0.3, 0.4) is 0 Å². The summed E-state index contributed by atoms with van der Waals surface area (Å²) in [6.45, 7) is 3.00. The van der Waals surface area contributed by atoms with E-state index in [1.165, 1.54) is 16.8 Å². The van der Waals surface area contributed by atoms with Crippen LogP contribution in [-0.2, 0) is 17.6 Å². The maximum Gasteiger partial charge on any atom is 0.261 e. The largest absolute Gasteiger partial charge is 0.367 e. The first kappa shape index (κ1) is 21.4. The monoisotopic (exact) mass is 469 g/mol. The molecule has 0 bridgehead atoms. The fraction of sp³-hybridized carbons (Fsp3) is 0.310. The number of carbonyl (C=O) groups is 1. The van der Waals surface area contributed by atoms with Crippen LogP contribution in [0.15, 0.2) is 84.0 Å². The van der Waals surface area contributed by atoms with Crippen LogP contribution in [0.4, 0.5) is 11.4 Å². The number of fused-ring (bicyclic) bond motifs is 4. The summed E-state index contributed by atoms with van der Waals surface area (Å²) >= 11 is 6.11. The lowest BCUT2D eigenvalue weighted by molar-refractivity contribution is -0.125. The zero-order chi connectivity index (χ0) is 23.3. The first-order valence-electron chi connectivity index (χ1n) is 12.1. The molecule has 3 aliphatic heterocycles. The first-order chi connectivity index (χ1) is 16.6. The maximum absolute atomic E-state index is 14.3. The average molecular weight is 470 g/mol. The van der Waals surface area contributed by atoms with E-state index in [0.29, 0.717) is 17.4 Å². The topological polar surface area (TPSA) is 35.9 Å². The van der Waals surface area contributed by atoms with E-state index in [2.05, 4.69) is 59.5 Å². The van der Waals surface area contributed by atoms with Crippen LogP contribution in [0.25, 0.3) is 0 Å². The third-order valence-electron chi connectivity index (χ3n) is 7.96. The quantitative estimate of drug-likeness (QED) is 0.462. The zero-order valence-corrected chi connectivity index (χ0v) is 20.1. The highest BCUT2D eigenvalue weighted by molar-refractivity contribution is 6.30. The Balaban J connectivity index is 1.39. The Morgan fingerprint density at radius 1 is 1.00 bits per heavy atom. The number of hydrazone groups is 1. The van der Waals surface area contributed by atoms with Gasteiger partial charge in [0.25, 0.3) is 5.91 Å². The van der Waals surface area contributed by atoms with Crippen molar-refractivity contribution < 1.29 is 4.79 Å². The van der Waals surface area contributed by atoms with Crippen LogP contribution >= 0.6 is 11.6 Å². The van der Waals surface area contributed by atoms with E-state index in [4.69, 9.17) is 16.7 Å². The number of hydrogen-bond donors (Lipinski definition) is 0. The molecular formula is C29H28ClN3O. The van der Waals surface area contributed by atoms with Crippen molar-refractivity contribution in [1.29, 1.82) is 0 Å². The van der Waals surface area contributed by atoms with Gasteiger partial charge < -0.3 is 4.90 Å². The molecule has 34 heavy (non-hydrogen) atoms. The first-order valence-corrected chi connectivity index (χ1v) is 12.5. The van der Waals surface area contributed by atoms with Crippen LogP contribution in [0.5, 0.6) is 0 Å². The van der Waals surface area contributed by atoms with E-state index in [-0.39, 0.29) is 11.9 Å². The summed E-state index contributed by atoms with van der Waals surface area (Å²) in [6, 6.07) is 26.8. The summed E-state index contributed by atoms with van der Waals surface area (Å²) in [5, 5.41) is 7.11. The Labute approximate surface area is 205 Å². The van der Waals surface area contributed by atoms with Crippen molar-refractivity contribution in [2.45, 2.75) is 38.6 Å². The second-order valence-electron chi connectivity index (χ2n) is 9.84. The number of para-hydroxylation sites is 1. The molecule has 4 nitrogen and oxygen atoms in total. The number of amides is 1. The third kappa shape index (κ3) is 3.35. The molecule has 0 saturated carbocycles. The van der Waals surface area contributed by atoms with Gasteiger partial charge in [-0.1, -0.05) is 60.1 Å². The van der Waals surface area contributed by atoms with Gasteiger partial charge in [0.1, 0.15) is 5.41 Å². The van der Waals surface area contributed by atoms with Gasteiger partial charge in [0, 0.05) is 23.3 Å². The van der Waals surface area contributed by atoms with Gasteiger partial charge in [-0.05, 0) is 80.0 Å². The van der Waals surface area contributed by atoms with Crippen molar-refractivity contribution in [3.05, 3.63) is 95.0 Å². The summed E-state index contributed by atoms with van der Waals surface area (Å²) < 4.78 is 0. The molecule has 3 heterocycles. The second-order valence-corrected chi connectivity index (χ2v) is 10.3. The molecule has 0 aromatic heterocycles. The summed E-state index contributed by atoms with van der Waals surface area (Å²) in [6.07, 6.45) is 3.85. The van der Waals surface area contributed by atoms with E-state index in [0.717, 1.165) is 37.2 Å². The average Bonchev–Trinajstić information content (AvgIpc) is 3.11. The van der Waals surface area contributed by atoms with Gasteiger partial charge in [-0.25, -0.2) is 0 Å². The summed E-state index contributed by atoms with van der Waals surface area (Å²) in [5.41, 5.74) is 4.92. The molecule has 3 aromatic carbocycles. The molecule has 0 N–H and O–H groups in total. The molecule has 1 saturated heterocycles. The summed E-state index contributed by atoms with van der Waals surface area (Å²) in [5.74, 6) is 0.619. The molecule has 3 aromatic rings. The smallest absolute Gasteiger partial charge is 0.261 e. The number of piperidine rings is 1. The lowest BCUT2D eigenvalue weighted by atomic mass is 9.64. The fourth-order valence-electron chi connectivity index (χ4n) is 6.26. The number of hydrogen-bond acceptors (Lipinski definition) is 3. The van der Waals surface area contributed by atoms with Crippen molar-refractivity contribution in [1.82, 2.24) is 0 Å². The standard InChI is InChI=1S/C29H28ClN3O/c1-20-29(28(34)33(31-20)25-13-11-24(30)12-14-25)19-23-9-5-6-10-26(23)32-16-15-22(18-27(29)32)17-21-7-3-2-4-8-21/h2-14,22,27H,15-19H2,1H3/t22-,27+,29-/m1/s1. The Morgan fingerprint density at radius 2 is 1.74 bits per heavy atom. The van der Waals surface area contributed by atoms with E-state index >= 15 is 0 Å². The molecule has 5 heteroatoms. The van der Waals surface area contributed by atoms with Crippen molar-refractivity contribution >= 4 is 34.6 Å². The van der Waals surface area contributed by atoms with Crippen LogP contribution in [0.2, 0.25) is 5.02 Å². The van der Waals surface area contributed by atoms with Gasteiger partial charge in [-0.15, -0.1) is 0 Å². The number of anilines is 2. The van der Waals surface area contributed by atoms with Gasteiger partial charge >= 0.3 is 0 Å². The Hall–Kier alpha value is -3.11. The Morgan fingerprint density at radius 3 is 2.53 bits per heavy atom. The Bertz CT molecular complexity index is 1260. The molecule has 6 rings (SSSR count).